The zero-order valence-corrected chi connectivity index (χ0v) is 17.1. The van der Waals surface area contributed by atoms with Crippen molar-refractivity contribution in [1.82, 2.24) is 4.90 Å². The molecule has 0 bridgehead atoms. The third kappa shape index (κ3) is 4.26. The van der Waals surface area contributed by atoms with E-state index in [0.717, 1.165) is 43.2 Å². The Kier molecular flexibility index (Phi) is 5.45. The molecule has 0 aliphatic carbocycles. The molecule has 0 atom stereocenters. The van der Waals surface area contributed by atoms with Gasteiger partial charge < -0.3 is 14.5 Å². The maximum Gasteiger partial charge on any atom is 0.253 e. The van der Waals surface area contributed by atoms with Gasteiger partial charge >= 0.3 is 0 Å². The molecule has 1 aliphatic rings. The van der Waals surface area contributed by atoms with Gasteiger partial charge in [0.15, 0.2) is 0 Å². The van der Waals surface area contributed by atoms with Gasteiger partial charge in [0.2, 0.25) is 0 Å². The van der Waals surface area contributed by atoms with Crippen molar-refractivity contribution in [3.05, 3.63) is 59.2 Å². The number of methoxy groups -OCH3 is 1. The summed E-state index contributed by atoms with van der Waals surface area (Å²) in [5, 5.41) is 0. The van der Waals surface area contributed by atoms with E-state index >= 15 is 0 Å². The van der Waals surface area contributed by atoms with Crippen molar-refractivity contribution in [3.8, 4) is 5.75 Å². The molecule has 1 amide bonds. The van der Waals surface area contributed by atoms with Gasteiger partial charge in [-0.25, -0.2) is 0 Å². The van der Waals surface area contributed by atoms with E-state index in [9.17, 15) is 4.79 Å². The van der Waals surface area contributed by atoms with Gasteiger partial charge in [0, 0.05) is 31.7 Å². The average molecular weight is 367 g/mol. The minimum Gasteiger partial charge on any atom is -0.495 e. The largest absolute Gasteiger partial charge is 0.495 e. The Balaban J connectivity index is 1.67. The molecule has 3 rings (SSSR count). The minimum atomic E-state index is 0.0973. The Morgan fingerprint density at radius 2 is 1.59 bits per heavy atom. The van der Waals surface area contributed by atoms with Crippen molar-refractivity contribution in [2.24, 2.45) is 0 Å². The number of carbonyl (C=O) groups excluding carboxylic acids is 1. The molecule has 0 unspecified atom stereocenters. The highest BCUT2D eigenvalue weighted by Crippen LogP contribution is 2.30. The zero-order valence-electron chi connectivity index (χ0n) is 17.1. The van der Waals surface area contributed by atoms with Crippen LogP contribution in [0.15, 0.2) is 42.5 Å². The maximum atomic E-state index is 12.9. The second kappa shape index (κ2) is 7.63. The van der Waals surface area contributed by atoms with Crippen LogP contribution in [-0.4, -0.2) is 44.1 Å². The highest BCUT2D eigenvalue weighted by Gasteiger charge is 2.24. The molecule has 4 heteroatoms. The van der Waals surface area contributed by atoms with Crippen molar-refractivity contribution in [2.45, 2.75) is 33.1 Å². The average Bonchev–Trinajstić information content (AvgIpc) is 2.67. The molecule has 2 aromatic rings. The van der Waals surface area contributed by atoms with Crippen LogP contribution in [0.25, 0.3) is 0 Å². The minimum absolute atomic E-state index is 0.0973. The quantitative estimate of drug-likeness (QED) is 0.813. The van der Waals surface area contributed by atoms with E-state index in [1.807, 2.05) is 23.1 Å². The predicted molar refractivity (Wildman–Crippen MR) is 111 cm³/mol. The summed E-state index contributed by atoms with van der Waals surface area (Å²) < 4.78 is 5.51. The number of carbonyl (C=O) groups is 1. The molecule has 0 spiro atoms. The highest BCUT2D eigenvalue weighted by molar-refractivity contribution is 5.94. The summed E-state index contributed by atoms with van der Waals surface area (Å²) >= 11 is 0. The Morgan fingerprint density at radius 1 is 0.963 bits per heavy atom. The van der Waals surface area contributed by atoms with E-state index in [0.29, 0.717) is 0 Å². The van der Waals surface area contributed by atoms with E-state index in [4.69, 9.17) is 4.74 Å². The van der Waals surface area contributed by atoms with Gasteiger partial charge in [-0.15, -0.1) is 0 Å². The van der Waals surface area contributed by atoms with E-state index in [2.05, 4.69) is 56.9 Å². The Labute approximate surface area is 162 Å². The smallest absolute Gasteiger partial charge is 0.253 e. The molecule has 2 aromatic carbocycles. The summed E-state index contributed by atoms with van der Waals surface area (Å²) in [7, 11) is 1.70. The normalized spacial score (nSPS) is 15.0. The standard InChI is InChI=1S/C23H30N2O2/c1-17-6-11-21(27-5)20(16-17)24-12-14-25(15-13-24)22(26)18-7-9-19(10-8-18)23(2,3)4/h6-11,16H,12-15H2,1-5H3. The molecule has 0 N–H and O–H groups in total. The van der Waals surface area contributed by atoms with Crippen LogP contribution in [0.1, 0.15) is 42.3 Å². The third-order valence-corrected chi connectivity index (χ3v) is 5.24. The lowest BCUT2D eigenvalue weighted by molar-refractivity contribution is 0.0746. The van der Waals surface area contributed by atoms with Crippen LogP contribution in [0.4, 0.5) is 5.69 Å². The van der Waals surface area contributed by atoms with Crippen LogP contribution >= 0.6 is 0 Å². The molecule has 1 heterocycles. The van der Waals surface area contributed by atoms with Crippen LogP contribution in [-0.2, 0) is 5.41 Å². The summed E-state index contributed by atoms with van der Waals surface area (Å²) in [6, 6.07) is 14.3. The number of piperazine rings is 1. The van der Waals surface area contributed by atoms with Crippen LogP contribution in [0.3, 0.4) is 0 Å². The summed E-state index contributed by atoms with van der Waals surface area (Å²) in [6.07, 6.45) is 0. The fourth-order valence-corrected chi connectivity index (χ4v) is 3.49. The van der Waals surface area contributed by atoms with Gasteiger partial charge in [0.05, 0.1) is 12.8 Å². The van der Waals surface area contributed by atoms with E-state index in [1.165, 1.54) is 11.1 Å². The van der Waals surface area contributed by atoms with Gasteiger partial charge in [-0.05, 0) is 47.7 Å². The van der Waals surface area contributed by atoms with Crippen LogP contribution < -0.4 is 9.64 Å². The van der Waals surface area contributed by atoms with Gasteiger partial charge in [0.1, 0.15) is 5.75 Å². The first-order valence-corrected chi connectivity index (χ1v) is 9.59. The maximum absolute atomic E-state index is 12.9. The van der Waals surface area contributed by atoms with Crippen LogP contribution in [0, 0.1) is 6.92 Å². The number of aryl methyl sites for hydroxylation is 1. The SMILES string of the molecule is COc1ccc(C)cc1N1CCN(C(=O)c2ccc(C(C)(C)C)cc2)CC1. The number of hydrogen-bond acceptors (Lipinski definition) is 3. The molecule has 0 aromatic heterocycles. The topological polar surface area (TPSA) is 32.8 Å². The van der Waals surface area contributed by atoms with Gasteiger partial charge in [-0.1, -0.05) is 39.0 Å². The molecule has 0 radical (unpaired) electrons. The molecule has 27 heavy (non-hydrogen) atoms. The summed E-state index contributed by atoms with van der Waals surface area (Å²) in [6.45, 7) is 11.7. The second-order valence-corrected chi connectivity index (χ2v) is 8.28. The molecular formula is C23H30N2O2. The number of anilines is 1. The fraction of sp³-hybridized carbons (Fsp3) is 0.435. The first-order valence-electron chi connectivity index (χ1n) is 9.59. The first-order chi connectivity index (χ1) is 12.8. The Morgan fingerprint density at radius 3 is 2.15 bits per heavy atom. The number of amides is 1. The summed E-state index contributed by atoms with van der Waals surface area (Å²) in [4.78, 5) is 17.1. The molecule has 0 saturated carbocycles. The Bertz CT molecular complexity index is 798. The Hall–Kier alpha value is -2.49. The second-order valence-electron chi connectivity index (χ2n) is 8.28. The van der Waals surface area contributed by atoms with Crippen LogP contribution in [0.5, 0.6) is 5.75 Å². The van der Waals surface area contributed by atoms with Gasteiger partial charge in [0.25, 0.3) is 5.91 Å². The highest BCUT2D eigenvalue weighted by atomic mass is 16.5. The lowest BCUT2D eigenvalue weighted by Crippen LogP contribution is -2.48. The van der Waals surface area contributed by atoms with Crippen molar-refractivity contribution in [3.63, 3.8) is 0 Å². The molecule has 4 nitrogen and oxygen atoms in total. The number of nitrogens with zero attached hydrogens (tertiary/aromatic N) is 2. The zero-order chi connectivity index (χ0) is 19.6. The molecule has 144 valence electrons. The van der Waals surface area contributed by atoms with Crippen molar-refractivity contribution in [2.75, 3.05) is 38.2 Å². The summed E-state index contributed by atoms with van der Waals surface area (Å²) in [5.74, 6) is 1.00. The van der Waals surface area contributed by atoms with Gasteiger partial charge in [-0.2, -0.15) is 0 Å². The predicted octanol–water partition coefficient (Wildman–Crippen LogP) is 4.26. The number of hydrogen-bond donors (Lipinski definition) is 0. The van der Waals surface area contributed by atoms with Crippen LogP contribution in [0.2, 0.25) is 0 Å². The molecule has 1 fully saturated rings. The van der Waals surface area contributed by atoms with Crippen molar-refractivity contribution in [1.29, 1.82) is 0 Å². The first kappa shape index (κ1) is 19.3. The third-order valence-electron chi connectivity index (χ3n) is 5.24. The number of rotatable bonds is 3. The van der Waals surface area contributed by atoms with Crippen molar-refractivity contribution < 1.29 is 9.53 Å². The monoisotopic (exact) mass is 366 g/mol. The number of ether oxygens (including phenoxy) is 1. The fourth-order valence-electron chi connectivity index (χ4n) is 3.49. The lowest BCUT2D eigenvalue weighted by Gasteiger charge is -2.36. The molecular weight excluding hydrogens is 336 g/mol. The van der Waals surface area contributed by atoms with Crippen molar-refractivity contribution >= 4 is 11.6 Å². The van der Waals surface area contributed by atoms with E-state index < -0.39 is 0 Å². The van der Waals surface area contributed by atoms with E-state index in [1.54, 1.807) is 7.11 Å². The lowest BCUT2D eigenvalue weighted by atomic mass is 9.86. The summed E-state index contributed by atoms with van der Waals surface area (Å²) in [5.41, 5.74) is 4.43. The van der Waals surface area contributed by atoms with E-state index in [-0.39, 0.29) is 11.3 Å². The number of benzene rings is 2. The van der Waals surface area contributed by atoms with Gasteiger partial charge in [-0.3, -0.25) is 4.79 Å². The molecule has 1 aliphatic heterocycles. The molecule has 1 saturated heterocycles.